The third-order valence-electron chi connectivity index (χ3n) is 1.03. The monoisotopic (exact) mass is 130 g/mol. The Balaban J connectivity index is 2.91. The fourth-order valence-corrected chi connectivity index (χ4v) is 1.65. The Morgan fingerprint density at radius 3 is 2.62 bits per heavy atom. The number of hydrogen-bond donors (Lipinski definition) is 0. The first-order chi connectivity index (χ1) is 3.73. The van der Waals surface area contributed by atoms with Gasteiger partial charge in [0, 0.05) is 12.4 Å². The van der Waals surface area contributed by atoms with Crippen molar-refractivity contribution in [2.45, 2.75) is 5.16 Å². The predicted molar refractivity (Wildman–Crippen MR) is 24.8 cm³/mol. The molecule has 0 saturated carbocycles. The molecule has 5 heteroatoms. The average molecular weight is 130 g/mol. The van der Waals surface area contributed by atoms with E-state index in [0.29, 0.717) is 0 Å². The minimum absolute atomic E-state index is 0.178. The van der Waals surface area contributed by atoms with Crippen LogP contribution in [0.25, 0.3) is 0 Å². The Labute approximate surface area is 45.8 Å². The van der Waals surface area contributed by atoms with Crippen LogP contribution in [0.1, 0.15) is 0 Å². The Bertz CT molecular complexity index is 298. The number of aromatic nitrogens is 2. The molecule has 0 saturated heterocycles. The Morgan fingerprint density at radius 2 is 2.38 bits per heavy atom. The van der Waals surface area contributed by atoms with Crippen molar-refractivity contribution >= 4 is 10.0 Å². The molecule has 4 nitrogen and oxygen atoms in total. The quantitative estimate of drug-likeness (QED) is 0.449. The Hall–Kier alpha value is -0.840. The third-order valence-corrected chi connectivity index (χ3v) is 2.44. The first-order valence-corrected chi connectivity index (χ1v) is 3.46. The second-order valence-electron chi connectivity index (χ2n) is 1.51. The van der Waals surface area contributed by atoms with Gasteiger partial charge >= 0.3 is 10.0 Å². The SMILES string of the molecule is O=S1(=O)c2nccn21. The van der Waals surface area contributed by atoms with Crippen LogP contribution in [0.15, 0.2) is 17.6 Å². The van der Waals surface area contributed by atoms with Crippen LogP contribution in [0, 0.1) is 0 Å². The first kappa shape index (κ1) is 4.08. The zero-order valence-electron chi connectivity index (χ0n) is 3.77. The summed E-state index contributed by atoms with van der Waals surface area (Å²) >= 11 is 0. The van der Waals surface area contributed by atoms with E-state index in [1.807, 2.05) is 0 Å². The number of imidazole rings is 1. The van der Waals surface area contributed by atoms with Gasteiger partial charge in [0.2, 0.25) is 0 Å². The molecule has 1 aliphatic rings. The number of fused-ring (bicyclic) bond motifs is 1. The summed E-state index contributed by atoms with van der Waals surface area (Å²) in [6.45, 7) is 0. The molecule has 2 rings (SSSR count). The van der Waals surface area contributed by atoms with E-state index >= 15 is 0 Å². The van der Waals surface area contributed by atoms with Crippen molar-refractivity contribution in [3.8, 4) is 0 Å². The molecule has 0 aliphatic carbocycles. The second-order valence-corrected chi connectivity index (χ2v) is 3.22. The van der Waals surface area contributed by atoms with Crippen molar-refractivity contribution in [3.63, 3.8) is 0 Å². The first-order valence-electron chi connectivity index (χ1n) is 2.02. The minimum atomic E-state index is -3.00. The van der Waals surface area contributed by atoms with Crippen LogP contribution in [0.5, 0.6) is 0 Å². The summed E-state index contributed by atoms with van der Waals surface area (Å²) in [5.74, 6) is 0. The molecular formula is C3H2N2O2S. The topological polar surface area (TPSA) is 52.0 Å². The van der Waals surface area contributed by atoms with E-state index in [2.05, 4.69) is 4.98 Å². The summed E-state index contributed by atoms with van der Waals surface area (Å²) in [7, 11) is -3.00. The van der Waals surface area contributed by atoms with Crippen LogP contribution in [-0.2, 0) is 10.0 Å². The lowest BCUT2D eigenvalue weighted by Gasteiger charge is -1.65. The highest BCUT2D eigenvalue weighted by atomic mass is 32.2. The number of hydrogen-bond acceptors (Lipinski definition) is 3. The van der Waals surface area contributed by atoms with Gasteiger partial charge in [-0.3, -0.25) is 0 Å². The van der Waals surface area contributed by atoms with Gasteiger partial charge in [0.1, 0.15) is 0 Å². The molecule has 0 unspecified atom stereocenters. The summed E-state index contributed by atoms with van der Waals surface area (Å²) in [6, 6.07) is 0. The van der Waals surface area contributed by atoms with Crippen LogP contribution in [-0.4, -0.2) is 17.4 Å². The molecule has 0 aromatic carbocycles. The molecule has 0 spiro atoms. The van der Waals surface area contributed by atoms with Crippen LogP contribution in [0.2, 0.25) is 0 Å². The standard InChI is InChI=1S/C3H2N2O2S/c6-8(7)3-4-1-2-5(3)8/h1-2H. The van der Waals surface area contributed by atoms with Crippen LogP contribution in [0.3, 0.4) is 0 Å². The van der Waals surface area contributed by atoms with Crippen molar-refractivity contribution in [3.05, 3.63) is 12.4 Å². The van der Waals surface area contributed by atoms with Crippen LogP contribution >= 0.6 is 0 Å². The smallest absolute Gasteiger partial charge is 0.224 e. The van der Waals surface area contributed by atoms with Gasteiger partial charge in [0.15, 0.2) is 0 Å². The summed E-state index contributed by atoms with van der Waals surface area (Å²) in [5.41, 5.74) is 0. The third kappa shape index (κ3) is 0.243. The molecule has 8 heavy (non-hydrogen) atoms. The van der Waals surface area contributed by atoms with Crippen molar-refractivity contribution in [2.75, 3.05) is 0 Å². The lowest BCUT2D eigenvalue weighted by Crippen LogP contribution is -1.79. The van der Waals surface area contributed by atoms with Gasteiger partial charge in [-0.2, -0.15) is 8.42 Å². The Morgan fingerprint density at radius 1 is 1.62 bits per heavy atom. The average Bonchev–Trinajstić information content (AvgIpc) is 2.22. The van der Waals surface area contributed by atoms with E-state index in [9.17, 15) is 8.42 Å². The zero-order chi connectivity index (χ0) is 5.78. The fourth-order valence-electron chi connectivity index (χ4n) is 0.599. The van der Waals surface area contributed by atoms with Gasteiger partial charge < -0.3 is 0 Å². The van der Waals surface area contributed by atoms with Gasteiger partial charge in [-0.15, -0.1) is 0 Å². The summed E-state index contributed by atoms with van der Waals surface area (Å²) in [4.78, 5) is 3.54. The van der Waals surface area contributed by atoms with E-state index < -0.39 is 10.0 Å². The lowest BCUT2D eigenvalue weighted by atomic mass is 11.0. The maximum Gasteiger partial charge on any atom is 0.305 e. The Kier molecular flexibility index (Phi) is 0.417. The molecule has 42 valence electrons. The minimum Gasteiger partial charge on any atom is -0.224 e. The normalized spacial score (nSPS) is 20.0. The highest BCUT2D eigenvalue weighted by molar-refractivity contribution is 7.95. The van der Waals surface area contributed by atoms with Crippen molar-refractivity contribution in [2.24, 2.45) is 0 Å². The maximum absolute atomic E-state index is 10.4. The van der Waals surface area contributed by atoms with Crippen molar-refractivity contribution < 1.29 is 8.42 Å². The molecule has 0 radical (unpaired) electrons. The van der Waals surface area contributed by atoms with Crippen molar-refractivity contribution in [1.82, 2.24) is 8.96 Å². The maximum atomic E-state index is 10.4. The molecule has 0 N–H and O–H groups in total. The van der Waals surface area contributed by atoms with Gasteiger partial charge in [-0.05, 0) is 0 Å². The van der Waals surface area contributed by atoms with Gasteiger partial charge in [0.25, 0.3) is 5.16 Å². The van der Waals surface area contributed by atoms with E-state index in [-0.39, 0.29) is 5.16 Å². The van der Waals surface area contributed by atoms with E-state index in [1.54, 1.807) is 0 Å². The predicted octanol–water partition coefficient (Wildman–Crippen LogP) is -0.567. The molecule has 0 bridgehead atoms. The van der Waals surface area contributed by atoms with Crippen LogP contribution < -0.4 is 0 Å². The fraction of sp³-hybridized carbons (Fsp3) is 0. The molecule has 0 amide bonds. The lowest BCUT2D eigenvalue weighted by molar-refractivity contribution is 0.608. The van der Waals surface area contributed by atoms with Crippen LogP contribution in [0.4, 0.5) is 0 Å². The highest BCUT2D eigenvalue weighted by Crippen LogP contribution is 2.25. The zero-order valence-corrected chi connectivity index (χ0v) is 4.59. The van der Waals surface area contributed by atoms with E-state index in [1.165, 1.54) is 12.4 Å². The van der Waals surface area contributed by atoms with Crippen molar-refractivity contribution in [1.29, 1.82) is 0 Å². The van der Waals surface area contributed by atoms with Gasteiger partial charge in [0.05, 0.1) is 0 Å². The van der Waals surface area contributed by atoms with Gasteiger partial charge in [-0.25, -0.2) is 8.96 Å². The molecular weight excluding hydrogens is 128 g/mol. The van der Waals surface area contributed by atoms with E-state index in [0.717, 1.165) is 3.97 Å². The number of nitrogens with zero attached hydrogens (tertiary/aromatic N) is 2. The molecule has 1 aliphatic heterocycles. The summed E-state index contributed by atoms with van der Waals surface area (Å²) in [6.07, 6.45) is 2.88. The second kappa shape index (κ2) is 0.818. The van der Waals surface area contributed by atoms with E-state index in [4.69, 9.17) is 0 Å². The summed E-state index contributed by atoms with van der Waals surface area (Å²) in [5, 5.41) is 0.178. The molecule has 2 heterocycles. The van der Waals surface area contributed by atoms with Gasteiger partial charge in [-0.1, -0.05) is 0 Å². The summed E-state index contributed by atoms with van der Waals surface area (Å²) < 4.78 is 22.0. The number of rotatable bonds is 0. The molecule has 0 fully saturated rings. The highest BCUT2D eigenvalue weighted by Gasteiger charge is 2.39. The molecule has 1 aromatic rings. The molecule has 1 aromatic heterocycles. The largest absolute Gasteiger partial charge is 0.305 e. The molecule has 0 atom stereocenters.